The van der Waals surface area contributed by atoms with Crippen molar-refractivity contribution >= 4 is 11.6 Å². The molecule has 0 fully saturated rings. The molecule has 0 amide bonds. The quantitative estimate of drug-likeness (QED) is 0.835. The summed E-state index contributed by atoms with van der Waals surface area (Å²) >= 11 is 0. The molecule has 0 bridgehead atoms. The van der Waals surface area contributed by atoms with Gasteiger partial charge in [0.2, 0.25) is 0 Å². The highest BCUT2D eigenvalue weighted by Crippen LogP contribution is 2.15. The molecule has 5 nitrogen and oxygen atoms in total. The van der Waals surface area contributed by atoms with Crippen LogP contribution in [0.2, 0.25) is 0 Å². The molecule has 0 saturated carbocycles. The van der Waals surface area contributed by atoms with E-state index < -0.39 is 0 Å². The number of nitrogens with one attached hydrogen (secondary N) is 1. The van der Waals surface area contributed by atoms with E-state index in [9.17, 15) is 0 Å². The molecule has 0 spiro atoms. The molecule has 0 aliphatic carbocycles. The Kier molecular flexibility index (Phi) is 5.37. The van der Waals surface area contributed by atoms with Gasteiger partial charge in [0.15, 0.2) is 0 Å². The van der Waals surface area contributed by atoms with Crippen molar-refractivity contribution in [1.82, 2.24) is 9.97 Å². The number of hydrogen-bond donors (Lipinski definition) is 1. The van der Waals surface area contributed by atoms with Crippen LogP contribution in [-0.2, 0) is 0 Å². The van der Waals surface area contributed by atoms with Crippen molar-refractivity contribution in [3.05, 3.63) is 11.9 Å². The summed E-state index contributed by atoms with van der Waals surface area (Å²) in [6.45, 7) is 7.46. The van der Waals surface area contributed by atoms with Crippen molar-refractivity contribution in [3.63, 3.8) is 0 Å². The third kappa shape index (κ3) is 4.21. The predicted molar refractivity (Wildman–Crippen MR) is 73.6 cm³/mol. The minimum atomic E-state index is -0.0164. The molecule has 0 aliphatic rings. The highest BCUT2D eigenvalue weighted by molar-refractivity contribution is 5.49. The monoisotopic (exact) mass is 247 g/mol. The fourth-order valence-electron chi connectivity index (χ4n) is 1.64. The smallest absolute Gasteiger partial charge is 0.134 e. The van der Waals surface area contributed by atoms with Crippen LogP contribution in [0.15, 0.2) is 6.07 Å². The van der Waals surface area contributed by atoms with Crippen molar-refractivity contribution in [2.45, 2.75) is 27.2 Å². The number of anilines is 2. The average Bonchev–Trinajstić information content (AvgIpc) is 2.35. The van der Waals surface area contributed by atoms with Crippen molar-refractivity contribution in [1.29, 1.82) is 5.26 Å². The molecule has 1 rings (SSSR count). The molecular weight excluding hydrogens is 226 g/mol. The lowest BCUT2D eigenvalue weighted by molar-refractivity contribution is 0.708. The molecule has 0 radical (unpaired) electrons. The summed E-state index contributed by atoms with van der Waals surface area (Å²) in [7, 11) is 1.94. The molecule has 0 aromatic carbocycles. The van der Waals surface area contributed by atoms with E-state index in [4.69, 9.17) is 5.26 Å². The van der Waals surface area contributed by atoms with Gasteiger partial charge in [-0.2, -0.15) is 5.26 Å². The molecule has 1 atom stereocenters. The lowest BCUT2D eigenvalue weighted by Crippen LogP contribution is -2.24. The van der Waals surface area contributed by atoms with Gasteiger partial charge in [0.05, 0.1) is 12.0 Å². The van der Waals surface area contributed by atoms with Crippen LogP contribution in [0.3, 0.4) is 0 Å². The second-order valence-corrected chi connectivity index (χ2v) is 4.50. The van der Waals surface area contributed by atoms with Crippen molar-refractivity contribution < 1.29 is 0 Å². The topological polar surface area (TPSA) is 64.8 Å². The predicted octanol–water partition coefficient (Wildman–Crippen LogP) is 2.20. The maximum absolute atomic E-state index is 8.83. The van der Waals surface area contributed by atoms with Crippen LogP contribution < -0.4 is 10.2 Å². The first-order valence-electron chi connectivity index (χ1n) is 6.27. The first-order valence-corrected chi connectivity index (χ1v) is 6.27. The molecule has 1 aromatic rings. The van der Waals surface area contributed by atoms with E-state index in [0.29, 0.717) is 6.54 Å². The molecule has 5 heteroatoms. The zero-order chi connectivity index (χ0) is 13.5. The Hall–Kier alpha value is -1.83. The van der Waals surface area contributed by atoms with Gasteiger partial charge in [-0.3, -0.25) is 0 Å². The average molecular weight is 247 g/mol. The van der Waals surface area contributed by atoms with Gasteiger partial charge in [0.1, 0.15) is 17.5 Å². The maximum Gasteiger partial charge on any atom is 0.134 e. The Morgan fingerprint density at radius 2 is 2.22 bits per heavy atom. The molecule has 1 unspecified atom stereocenters. The molecule has 0 aliphatic heterocycles. The van der Waals surface area contributed by atoms with E-state index in [1.54, 1.807) is 0 Å². The van der Waals surface area contributed by atoms with E-state index >= 15 is 0 Å². The largest absolute Gasteiger partial charge is 0.370 e. The molecule has 1 aromatic heterocycles. The summed E-state index contributed by atoms with van der Waals surface area (Å²) in [6.07, 6.45) is 1.06. The van der Waals surface area contributed by atoms with Gasteiger partial charge in [-0.1, -0.05) is 6.92 Å². The lowest BCUT2D eigenvalue weighted by atomic mass is 10.2. The number of nitriles is 1. The fraction of sp³-hybridized carbons (Fsp3) is 0.615. The number of aryl methyl sites for hydroxylation is 1. The van der Waals surface area contributed by atoms with Gasteiger partial charge < -0.3 is 10.2 Å². The minimum absolute atomic E-state index is 0.0164. The third-order valence-electron chi connectivity index (χ3n) is 2.54. The van der Waals surface area contributed by atoms with Crippen LogP contribution in [0.1, 0.15) is 26.1 Å². The van der Waals surface area contributed by atoms with Crippen molar-refractivity contribution in [2.75, 3.05) is 30.4 Å². The third-order valence-corrected chi connectivity index (χ3v) is 2.54. The summed E-state index contributed by atoms with van der Waals surface area (Å²) in [5.41, 5.74) is 0. The highest BCUT2D eigenvalue weighted by Gasteiger charge is 2.09. The molecule has 18 heavy (non-hydrogen) atoms. The van der Waals surface area contributed by atoms with Gasteiger partial charge in [-0.25, -0.2) is 9.97 Å². The minimum Gasteiger partial charge on any atom is -0.370 e. The van der Waals surface area contributed by atoms with E-state index in [2.05, 4.69) is 28.3 Å². The second kappa shape index (κ2) is 6.80. The van der Waals surface area contributed by atoms with Crippen LogP contribution in [0.25, 0.3) is 0 Å². The summed E-state index contributed by atoms with van der Waals surface area (Å²) < 4.78 is 0. The van der Waals surface area contributed by atoms with E-state index in [1.807, 2.05) is 31.9 Å². The van der Waals surface area contributed by atoms with E-state index in [0.717, 1.165) is 30.4 Å². The molecule has 1 heterocycles. The van der Waals surface area contributed by atoms with Gasteiger partial charge in [-0.05, 0) is 20.3 Å². The van der Waals surface area contributed by atoms with Gasteiger partial charge in [0, 0.05) is 26.2 Å². The SMILES string of the molecule is CCCNc1cc(N(C)CC(C)C#N)nc(C)n1. The summed E-state index contributed by atoms with van der Waals surface area (Å²) in [4.78, 5) is 10.7. The zero-order valence-corrected chi connectivity index (χ0v) is 11.6. The Bertz CT molecular complexity index is 424. The molecular formula is C13H21N5. The fourth-order valence-corrected chi connectivity index (χ4v) is 1.64. The standard InChI is InChI=1S/C13H21N5/c1-5-6-15-12-7-13(17-11(3)16-12)18(4)9-10(2)8-14/h7,10H,5-6,9H2,1-4H3,(H,15,16,17). The Morgan fingerprint density at radius 3 is 2.83 bits per heavy atom. The summed E-state index contributed by atoms with van der Waals surface area (Å²) in [6, 6.07) is 4.15. The first-order chi connectivity index (χ1) is 8.56. The molecule has 0 saturated heterocycles. The lowest BCUT2D eigenvalue weighted by Gasteiger charge is -2.20. The number of aromatic nitrogens is 2. The van der Waals surface area contributed by atoms with Crippen LogP contribution in [0.4, 0.5) is 11.6 Å². The first kappa shape index (κ1) is 14.2. The van der Waals surface area contributed by atoms with Crippen LogP contribution in [0.5, 0.6) is 0 Å². The Morgan fingerprint density at radius 1 is 1.50 bits per heavy atom. The normalized spacial score (nSPS) is 11.7. The van der Waals surface area contributed by atoms with Crippen LogP contribution >= 0.6 is 0 Å². The van der Waals surface area contributed by atoms with Crippen LogP contribution in [-0.4, -0.2) is 30.1 Å². The number of rotatable bonds is 6. The van der Waals surface area contributed by atoms with Gasteiger partial charge in [0.25, 0.3) is 0 Å². The summed E-state index contributed by atoms with van der Waals surface area (Å²) in [5.74, 6) is 2.42. The summed E-state index contributed by atoms with van der Waals surface area (Å²) in [5, 5.41) is 12.1. The van der Waals surface area contributed by atoms with Gasteiger partial charge >= 0.3 is 0 Å². The maximum atomic E-state index is 8.83. The van der Waals surface area contributed by atoms with E-state index in [1.165, 1.54) is 0 Å². The Labute approximate surface area is 109 Å². The zero-order valence-electron chi connectivity index (χ0n) is 11.6. The van der Waals surface area contributed by atoms with Gasteiger partial charge in [-0.15, -0.1) is 0 Å². The van der Waals surface area contributed by atoms with Crippen molar-refractivity contribution in [2.24, 2.45) is 5.92 Å². The highest BCUT2D eigenvalue weighted by atomic mass is 15.2. The van der Waals surface area contributed by atoms with Crippen LogP contribution in [0, 0.1) is 24.2 Å². The second-order valence-electron chi connectivity index (χ2n) is 4.50. The molecule has 1 N–H and O–H groups in total. The van der Waals surface area contributed by atoms with Crippen molar-refractivity contribution in [3.8, 4) is 6.07 Å². The van der Waals surface area contributed by atoms with E-state index in [-0.39, 0.29) is 5.92 Å². The molecule has 98 valence electrons. The number of nitrogens with zero attached hydrogens (tertiary/aromatic N) is 4. The Balaban J connectivity index is 2.81. The number of hydrogen-bond acceptors (Lipinski definition) is 5.